The van der Waals surface area contributed by atoms with Crippen LogP contribution in [0.5, 0.6) is 0 Å². The van der Waals surface area contributed by atoms with Gasteiger partial charge in [-0.05, 0) is 32.9 Å². The van der Waals surface area contributed by atoms with Gasteiger partial charge in [-0.1, -0.05) is 0 Å². The highest BCUT2D eigenvalue weighted by Gasteiger charge is 2.16. The topological polar surface area (TPSA) is 57.0 Å². The number of ether oxygens (including phenoxy) is 1. The van der Waals surface area contributed by atoms with E-state index in [0.29, 0.717) is 6.61 Å². The zero-order valence-electron chi connectivity index (χ0n) is 11.4. The van der Waals surface area contributed by atoms with Crippen molar-refractivity contribution in [2.24, 2.45) is 0 Å². The molecule has 0 aliphatic rings. The Hall–Kier alpha value is -2.17. The van der Waals surface area contributed by atoms with Gasteiger partial charge in [-0.3, -0.25) is 9.78 Å². The minimum Gasteiger partial charge on any atom is -0.466 e. The van der Waals surface area contributed by atoms with E-state index in [0.717, 1.165) is 22.6 Å². The Morgan fingerprint density at radius 3 is 2.63 bits per heavy atom. The number of nitrogens with zero attached hydrogens (tertiary/aromatic N) is 3. The summed E-state index contributed by atoms with van der Waals surface area (Å²) in [6.45, 7) is 6.06. The summed E-state index contributed by atoms with van der Waals surface area (Å²) in [5.74, 6) is -0.219. The molecule has 5 nitrogen and oxygen atoms in total. The second-order valence-corrected chi connectivity index (χ2v) is 4.25. The lowest BCUT2D eigenvalue weighted by atomic mass is 10.1. The molecular formula is C14H17N3O2. The molecule has 0 N–H and O–H groups in total. The Labute approximate surface area is 112 Å². The number of carbonyl (C=O) groups is 1. The number of aromatic nitrogens is 3. The van der Waals surface area contributed by atoms with E-state index in [1.54, 1.807) is 19.3 Å². The predicted octanol–water partition coefficient (Wildman–Crippen LogP) is 1.99. The summed E-state index contributed by atoms with van der Waals surface area (Å²) >= 11 is 0. The fourth-order valence-electron chi connectivity index (χ4n) is 2.02. The number of esters is 1. The maximum Gasteiger partial charge on any atom is 0.310 e. The Morgan fingerprint density at radius 2 is 2.00 bits per heavy atom. The van der Waals surface area contributed by atoms with Crippen LogP contribution in [0.25, 0.3) is 5.69 Å². The first-order valence-electron chi connectivity index (χ1n) is 6.24. The van der Waals surface area contributed by atoms with Crippen LogP contribution >= 0.6 is 0 Å². The van der Waals surface area contributed by atoms with Crippen molar-refractivity contribution in [2.45, 2.75) is 27.2 Å². The third-order valence-electron chi connectivity index (χ3n) is 2.97. The van der Waals surface area contributed by atoms with Crippen LogP contribution in [0, 0.1) is 13.8 Å². The molecule has 0 aliphatic heterocycles. The van der Waals surface area contributed by atoms with E-state index in [-0.39, 0.29) is 12.4 Å². The fraction of sp³-hybridized carbons (Fsp3) is 0.357. The van der Waals surface area contributed by atoms with Gasteiger partial charge in [0.15, 0.2) is 0 Å². The van der Waals surface area contributed by atoms with E-state index in [2.05, 4.69) is 10.1 Å². The highest BCUT2D eigenvalue weighted by molar-refractivity contribution is 5.73. The van der Waals surface area contributed by atoms with Gasteiger partial charge in [0.05, 0.1) is 24.4 Å². The second kappa shape index (κ2) is 5.65. The smallest absolute Gasteiger partial charge is 0.310 e. The molecule has 2 aromatic rings. The summed E-state index contributed by atoms with van der Waals surface area (Å²) in [4.78, 5) is 15.6. The molecule has 0 aliphatic carbocycles. The molecule has 0 spiro atoms. The van der Waals surface area contributed by atoms with Gasteiger partial charge in [0, 0.05) is 23.7 Å². The number of hydrogen-bond donors (Lipinski definition) is 0. The van der Waals surface area contributed by atoms with Gasteiger partial charge in [0.1, 0.15) is 0 Å². The van der Waals surface area contributed by atoms with Crippen molar-refractivity contribution < 1.29 is 9.53 Å². The second-order valence-electron chi connectivity index (χ2n) is 4.25. The molecule has 0 bridgehead atoms. The molecule has 0 fully saturated rings. The average molecular weight is 259 g/mol. The monoisotopic (exact) mass is 259 g/mol. The summed E-state index contributed by atoms with van der Waals surface area (Å²) in [6, 6.07) is 3.77. The minimum atomic E-state index is -0.219. The van der Waals surface area contributed by atoms with Crippen molar-refractivity contribution in [3.8, 4) is 5.69 Å². The van der Waals surface area contributed by atoms with Gasteiger partial charge in [-0.25, -0.2) is 4.68 Å². The number of rotatable bonds is 4. The molecule has 0 unspecified atom stereocenters. The first-order valence-corrected chi connectivity index (χ1v) is 6.24. The third-order valence-corrected chi connectivity index (χ3v) is 2.97. The predicted molar refractivity (Wildman–Crippen MR) is 71.2 cm³/mol. The van der Waals surface area contributed by atoms with E-state index in [1.165, 1.54) is 0 Å². The van der Waals surface area contributed by atoms with Crippen molar-refractivity contribution >= 4 is 5.97 Å². The number of carbonyl (C=O) groups excluding carboxylic acids is 1. The number of aryl methyl sites for hydroxylation is 1. The molecule has 0 aromatic carbocycles. The van der Waals surface area contributed by atoms with Gasteiger partial charge in [-0.15, -0.1) is 0 Å². The van der Waals surface area contributed by atoms with E-state index >= 15 is 0 Å². The summed E-state index contributed by atoms with van der Waals surface area (Å²) in [7, 11) is 0. The van der Waals surface area contributed by atoms with Crippen molar-refractivity contribution in [3.63, 3.8) is 0 Å². The standard InChI is InChI=1S/C14H17N3O2/c1-4-19-14(18)9-13-10(2)16-17(11(13)3)12-5-7-15-8-6-12/h5-8H,4,9H2,1-3H3. The molecule has 0 saturated heterocycles. The lowest BCUT2D eigenvalue weighted by Crippen LogP contribution is -2.09. The van der Waals surface area contributed by atoms with Crippen LogP contribution in [0.4, 0.5) is 0 Å². The Morgan fingerprint density at radius 1 is 1.32 bits per heavy atom. The first-order chi connectivity index (χ1) is 9.13. The van der Waals surface area contributed by atoms with Gasteiger partial charge in [0.25, 0.3) is 0 Å². The van der Waals surface area contributed by atoms with Crippen molar-refractivity contribution in [2.75, 3.05) is 6.61 Å². The lowest BCUT2D eigenvalue weighted by Gasteiger charge is -2.05. The minimum absolute atomic E-state index is 0.219. The van der Waals surface area contributed by atoms with Crippen LogP contribution in [-0.4, -0.2) is 27.3 Å². The summed E-state index contributed by atoms with van der Waals surface area (Å²) in [5, 5.41) is 4.47. The van der Waals surface area contributed by atoms with Gasteiger partial charge < -0.3 is 4.74 Å². The Balaban J connectivity index is 2.33. The third kappa shape index (κ3) is 2.81. The van der Waals surface area contributed by atoms with Crippen LogP contribution in [0.15, 0.2) is 24.5 Å². The molecule has 19 heavy (non-hydrogen) atoms. The van der Waals surface area contributed by atoms with E-state index in [4.69, 9.17) is 4.74 Å². The largest absolute Gasteiger partial charge is 0.466 e. The molecule has 0 radical (unpaired) electrons. The van der Waals surface area contributed by atoms with Crippen LogP contribution < -0.4 is 0 Å². The van der Waals surface area contributed by atoms with E-state index < -0.39 is 0 Å². The lowest BCUT2D eigenvalue weighted by molar-refractivity contribution is -0.142. The molecule has 2 aromatic heterocycles. The van der Waals surface area contributed by atoms with Crippen molar-refractivity contribution in [3.05, 3.63) is 41.5 Å². The zero-order chi connectivity index (χ0) is 13.8. The fourth-order valence-corrected chi connectivity index (χ4v) is 2.02. The highest BCUT2D eigenvalue weighted by atomic mass is 16.5. The molecule has 0 atom stereocenters. The molecule has 5 heteroatoms. The summed E-state index contributed by atoms with van der Waals surface area (Å²) < 4.78 is 6.81. The molecule has 0 saturated carbocycles. The van der Waals surface area contributed by atoms with Gasteiger partial charge >= 0.3 is 5.97 Å². The normalized spacial score (nSPS) is 10.5. The van der Waals surface area contributed by atoms with E-state index in [1.807, 2.05) is 30.7 Å². The molecule has 2 heterocycles. The highest BCUT2D eigenvalue weighted by Crippen LogP contribution is 2.18. The summed E-state index contributed by atoms with van der Waals surface area (Å²) in [6.07, 6.45) is 3.70. The summed E-state index contributed by atoms with van der Waals surface area (Å²) in [5.41, 5.74) is 3.67. The molecule has 0 amide bonds. The van der Waals surface area contributed by atoms with Crippen molar-refractivity contribution in [1.82, 2.24) is 14.8 Å². The van der Waals surface area contributed by atoms with Gasteiger partial charge in [-0.2, -0.15) is 5.10 Å². The van der Waals surface area contributed by atoms with Crippen LogP contribution in [0.3, 0.4) is 0 Å². The molecule has 2 rings (SSSR count). The Kier molecular flexibility index (Phi) is 3.94. The quantitative estimate of drug-likeness (QED) is 0.788. The maximum absolute atomic E-state index is 11.6. The van der Waals surface area contributed by atoms with Crippen molar-refractivity contribution in [1.29, 1.82) is 0 Å². The maximum atomic E-state index is 11.6. The SMILES string of the molecule is CCOC(=O)Cc1c(C)nn(-c2ccncc2)c1C. The molecule has 100 valence electrons. The van der Waals surface area contributed by atoms with E-state index in [9.17, 15) is 4.79 Å². The average Bonchev–Trinajstić information content (AvgIpc) is 2.68. The number of hydrogen-bond acceptors (Lipinski definition) is 4. The Bertz CT molecular complexity index is 576. The molecular weight excluding hydrogens is 242 g/mol. The number of pyridine rings is 1. The van der Waals surface area contributed by atoms with Crippen LogP contribution in [-0.2, 0) is 16.0 Å². The van der Waals surface area contributed by atoms with Crippen LogP contribution in [0.1, 0.15) is 23.9 Å². The van der Waals surface area contributed by atoms with Crippen LogP contribution in [0.2, 0.25) is 0 Å². The first kappa shape index (κ1) is 13.3. The zero-order valence-corrected chi connectivity index (χ0v) is 11.4. The van der Waals surface area contributed by atoms with Gasteiger partial charge in [0.2, 0.25) is 0 Å².